The number of hydrogen-bond acceptors (Lipinski definition) is 2. The molecule has 0 bridgehead atoms. The highest BCUT2D eigenvalue weighted by atomic mass is 35.5. The molecule has 0 spiro atoms. The average molecular weight is 288 g/mol. The summed E-state index contributed by atoms with van der Waals surface area (Å²) in [7, 11) is 0. The normalized spacial score (nSPS) is 13.7. The smallest absolute Gasteiger partial charge is 0.326 e. The zero-order valence-corrected chi connectivity index (χ0v) is 11.4. The molecule has 2 atom stereocenters. The summed E-state index contributed by atoms with van der Waals surface area (Å²) in [6.07, 6.45) is 0.606. The molecule has 4 nitrogen and oxygen atoms in total. The number of benzene rings is 1. The summed E-state index contributed by atoms with van der Waals surface area (Å²) in [5, 5.41) is 11.4. The molecule has 19 heavy (non-hydrogen) atoms. The molecule has 6 heteroatoms. The summed E-state index contributed by atoms with van der Waals surface area (Å²) in [6.45, 7) is 3.56. The lowest BCUT2D eigenvalue weighted by Gasteiger charge is -2.20. The summed E-state index contributed by atoms with van der Waals surface area (Å²) in [5.41, 5.74) is 0.0534. The maximum absolute atomic E-state index is 12.9. The second-order valence-electron chi connectivity index (χ2n) is 4.30. The minimum Gasteiger partial charge on any atom is -0.480 e. The van der Waals surface area contributed by atoms with Gasteiger partial charge in [-0.2, -0.15) is 0 Å². The van der Waals surface area contributed by atoms with Crippen LogP contribution >= 0.6 is 11.6 Å². The Labute approximate surface area is 115 Å². The molecule has 0 radical (unpaired) electrons. The van der Waals surface area contributed by atoms with Gasteiger partial charge in [-0.15, -0.1) is 0 Å². The van der Waals surface area contributed by atoms with E-state index >= 15 is 0 Å². The number of aliphatic carboxylic acids is 1. The topological polar surface area (TPSA) is 66.4 Å². The van der Waals surface area contributed by atoms with Crippen molar-refractivity contribution in [2.45, 2.75) is 26.3 Å². The van der Waals surface area contributed by atoms with Gasteiger partial charge in [0.15, 0.2) is 0 Å². The Balaban J connectivity index is 2.91. The van der Waals surface area contributed by atoms with Gasteiger partial charge in [0, 0.05) is 0 Å². The van der Waals surface area contributed by atoms with Crippen LogP contribution in [-0.2, 0) is 4.79 Å². The molecule has 2 N–H and O–H groups in total. The molecular weight excluding hydrogens is 273 g/mol. The molecule has 0 saturated heterocycles. The molecular formula is C13H15ClFNO3. The quantitative estimate of drug-likeness (QED) is 0.875. The summed E-state index contributed by atoms with van der Waals surface area (Å²) in [4.78, 5) is 23.0. The van der Waals surface area contributed by atoms with Crippen molar-refractivity contribution < 1.29 is 19.1 Å². The molecule has 0 aliphatic rings. The van der Waals surface area contributed by atoms with Gasteiger partial charge in [-0.3, -0.25) is 4.79 Å². The molecule has 1 aromatic rings. The van der Waals surface area contributed by atoms with Gasteiger partial charge in [-0.1, -0.05) is 31.9 Å². The van der Waals surface area contributed by atoms with Crippen LogP contribution in [0.5, 0.6) is 0 Å². The van der Waals surface area contributed by atoms with E-state index in [0.717, 1.165) is 12.1 Å². The molecule has 0 aromatic heterocycles. The third-order valence-corrected chi connectivity index (χ3v) is 3.25. The first-order valence-electron chi connectivity index (χ1n) is 5.85. The predicted molar refractivity (Wildman–Crippen MR) is 69.8 cm³/mol. The minimum atomic E-state index is -1.11. The third-order valence-electron chi connectivity index (χ3n) is 2.94. The lowest BCUT2D eigenvalue weighted by molar-refractivity contribution is -0.140. The summed E-state index contributed by atoms with van der Waals surface area (Å²) in [6, 6.07) is 2.33. The first-order valence-corrected chi connectivity index (χ1v) is 6.23. The Bertz CT molecular complexity index is 493. The predicted octanol–water partition coefficient (Wildman–Crippen LogP) is 2.71. The van der Waals surface area contributed by atoms with Gasteiger partial charge in [0.2, 0.25) is 0 Å². The lowest BCUT2D eigenvalue weighted by Crippen LogP contribution is -2.45. The highest BCUT2D eigenvalue weighted by molar-refractivity contribution is 6.33. The third kappa shape index (κ3) is 3.92. The molecule has 1 unspecified atom stereocenters. The molecule has 104 valence electrons. The Morgan fingerprint density at radius 2 is 2.11 bits per heavy atom. The van der Waals surface area contributed by atoms with E-state index in [9.17, 15) is 14.0 Å². The molecule has 1 rings (SSSR count). The van der Waals surface area contributed by atoms with Gasteiger partial charge in [-0.05, 0) is 24.1 Å². The molecule has 0 aliphatic heterocycles. The minimum absolute atomic E-state index is 0.0502. The fraction of sp³-hybridized carbons (Fsp3) is 0.385. The number of nitrogens with one attached hydrogen (secondary N) is 1. The van der Waals surface area contributed by atoms with Gasteiger partial charge in [0.1, 0.15) is 11.9 Å². The Hall–Kier alpha value is -1.62. The van der Waals surface area contributed by atoms with Crippen LogP contribution in [-0.4, -0.2) is 23.0 Å². The van der Waals surface area contributed by atoms with Crippen LogP contribution in [0.3, 0.4) is 0 Å². The number of carboxylic acids is 1. The Kier molecular flexibility index (Phi) is 5.30. The second-order valence-corrected chi connectivity index (χ2v) is 4.71. The van der Waals surface area contributed by atoms with E-state index in [2.05, 4.69) is 5.32 Å². The van der Waals surface area contributed by atoms with E-state index in [1.165, 1.54) is 6.07 Å². The van der Waals surface area contributed by atoms with Gasteiger partial charge in [0.05, 0.1) is 10.6 Å². The zero-order valence-electron chi connectivity index (χ0n) is 10.6. The average Bonchev–Trinajstić information content (AvgIpc) is 2.34. The number of carbonyl (C=O) groups excluding carboxylic acids is 1. The van der Waals surface area contributed by atoms with Crippen molar-refractivity contribution in [1.29, 1.82) is 0 Å². The first kappa shape index (κ1) is 15.4. The maximum Gasteiger partial charge on any atom is 0.326 e. The second kappa shape index (κ2) is 6.52. The van der Waals surface area contributed by atoms with Crippen LogP contribution in [0.15, 0.2) is 18.2 Å². The molecule has 0 heterocycles. The number of rotatable bonds is 5. The van der Waals surface area contributed by atoms with Gasteiger partial charge < -0.3 is 10.4 Å². The fourth-order valence-electron chi connectivity index (χ4n) is 1.58. The number of carbonyl (C=O) groups is 2. The van der Waals surface area contributed by atoms with Crippen LogP contribution < -0.4 is 5.32 Å². The number of hydrogen-bond donors (Lipinski definition) is 2. The van der Waals surface area contributed by atoms with E-state index in [1.54, 1.807) is 6.92 Å². The number of halogens is 2. The maximum atomic E-state index is 12.9. The van der Waals surface area contributed by atoms with Crippen LogP contribution in [0.25, 0.3) is 0 Å². The lowest BCUT2D eigenvalue weighted by atomic mass is 9.99. The highest BCUT2D eigenvalue weighted by Gasteiger charge is 2.26. The van der Waals surface area contributed by atoms with Crippen molar-refractivity contribution >= 4 is 23.5 Å². The zero-order chi connectivity index (χ0) is 14.6. The van der Waals surface area contributed by atoms with Crippen molar-refractivity contribution in [3.05, 3.63) is 34.6 Å². The van der Waals surface area contributed by atoms with E-state index in [0.29, 0.717) is 6.42 Å². The first-order chi connectivity index (χ1) is 8.86. The van der Waals surface area contributed by atoms with E-state index in [4.69, 9.17) is 16.7 Å². The highest BCUT2D eigenvalue weighted by Crippen LogP contribution is 2.18. The van der Waals surface area contributed by atoms with E-state index < -0.39 is 23.7 Å². The molecule has 0 fully saturated rings. The summed E-state index contributed by atoms with van der Waals surface area (Å²) < 4.78 is 12.9. The number of carboxylic acid groups (broad SMARTS) is 1. The standard InChI is InChI=1S/C13H15ClFNO3/c1-3-7(2)11(13(18)19)16-12(17)9-5-4-8(15)6-10(9)14/h4-7,11H,3H2,1-2H3,(H,16,17)(H,18,19)/t7?,11-/m0/s1. The van der Waals surface area contributed by atoms with Crippen LogP contribution in [0.1, 0.15) is 30.6 Å². The van der Waals surface area contributed by atoms with Crippen LogP contribution in [0.2, 0.25) is 5.02 Å². The Morgan fingerprint density at radius 1 is 1.47 bits per heavy atom. The molecule has 1 aromatic carbocycles. The molecule has 0 aliphatic carbocycles. The van der Waals surface area contributed by atoms with Crippen LogP contribution in [0.4, 0.5) is 4.39 Å². The van der Waals surface area contributed by atoms with Crippen molar-refractivity contribution in [3.8, 4) is 0 Å². The van der Waals surface area contributed by atoms with Gasteiger partial charge >= 0.3 is 5.97 Å². The Morgan fingerprint density at radius 3 is 2.58 bits per heavy atom. The van der Waals surface area contributed by atoms with Crippen molar-refractivity contribution in [2.75, 3.05) is 0 Å². The van der Waals surface area contributed by atoms with Crippen molar-refractivity contribution in [3.63, 3.8) is 0 Å². The van der Waals surface area contributed by atoms with Crippen LogP contribution in [0, 0.1) is 11.7 Å². The van der Waals surface area contributed by atoms with E-state index in [1.807, 2.05) is 6.92 Å². The van der Waals surface area contributed by atoms with Gasteiger partial charge in [0.25, 0.3) is 5.91 Å². The van der Waals surface area contributed by atoms with Crippen molar-refractivity contribution in [2.24, 2.45) is 5.92 Å². The number of amides is 1. The summed E-state index contributed by atoms with van der Waals surface area (Å²) >= 11 is 5.75. The van der Waals surface area contributed by atoms with Gasteiger partial charge in [-0.25, -0.2) is 9.18 Å². The largest absolute Gasteiger partial charge is 0.480 e. The summed E-state index contributed by atoms with van der Waals surface area (Å²) in [5.74, 6) is -2.52. The fourth-order valence-corrected chi connectivity index (χ4v) is 1.83. The monoisotopic (exact) mass is 287 g/mol. The van der Waals surface area contributed by atoms with Crippen molar-refractivity contribution in [1.82, 2.24) is 5.32 Å². The van der Waals surface area contributed by atoms with E-state index in [-0.39, 0.29) is 16.5 Å². The molecule has 0 saturated carbocycles. The SMILES string of the molecule is CCC(C)[C@H](NC(=O)c1ccc(F)cc1Cl)C(=O)O. The molecule has 1 amide bonds.